The van der Waals surface area contributed by atoms with E-state index in [2.05, 4.69) is 21.3 Å². The minimum absolute atomic E-state index is 0.0806. The van der Waals surface area contributed by atoms with E-state index in [4.69, 9.17) is 17.0 Å². The van der Waals surface area contributed by atoms with Crippen LogP contribution in [0.3, 0.4) is 0 Å². The number of anilines is 1. The van der Waals surface area contributed by atoms with E-state index in [1.54, 1.807) is 7.11 Å². The molecule has 0 atom stereocenters. The Morgan fingerprint density at radius 2 is 1.84 bits per heavy atom. The molecule has 0 saturated heterocycles. The molecule has 1 aromatic heterocycles. The van der Waals surface area contributed by atoms with Gasteiger partial charge in [0.1, 0.15) is 5.75 Å². The number of H-pyrrole nitrogens is 1. The number of aromatic nitrogens is 1. The van der Waals surface area contributed by atoms with Crippen LogP contribution in [0.15, 0.2) is 53.3 Å². The molecular formula is C24H30N4O2S. The first-order valence-corrected chi connectivity index (χ1v) is 10.7. The van der Waals surface area contributed by atoms with Crippen molar-refractivity contribution in [2.24, 2.45) is 0 Å². The molecule has 7 heteroatoms. The van der Waals surface area contributed by atoms with Gasteiger partial charge in [0.05, 0.1) is 13.7 Å². The maximum Gasteiger partial charge on any atom is 0.253 e. The highest BCUT2D eigenvalue weighted by Gasteiger charge is 2.14. The van der Waals surface area contributed by atoms with Gasteiger partial charge in [-0.2, -0.15) is 0 Å². The topological polar surface area (TPSA) is 60.6 Å². The second kappa shape index (κ2) is 10.4. The number of hydrogen-bond acceptors (Lipinski definition) is 4. The van der Waals surface area contributed by atoms with Crippen LogP contribution in [-0.2, 0) is 6.54 Å². The Kier molecular flexibility index (Phi) is 7.65. The summed E-state index contributed by atoms with van der Waals surface area (Å²) in [7, 11) is 5.74. The van der Waals surface area contributed by atoms with Gasteiger partial charge < -0.3 is 24.8 Å². The zero-order valence-electron chi connectivity index (χ0n) is 18.6. The zero-order valence-corrected chi connectivity index (χ0v) is 19.4. The Balaban J connectivity index is 1.81. The Morgan fingerprint density at radius 3 is 2.52 bits per heavy atom. The largest absolute Gasteiger partial charge is 0.497 e. The first-order valence-electron chi connectivity index (χ1n) is 10.3. The Hall–Kier alpha value is -2.90. The van der Waals surface area contributed by atoms with E-state index >= 15 is 0 Å². The molecule has 0 bridgehead atoms. The summed E-state index contributed by atoms with van der Waals surface area (Å²) in [4.78, 5) is 19.9. The van der Waals surface area contributed by atoms with E-state index in [9.17, 15) is 4.79 Å². The van der Waals surface area contributed by atoms with E-state index < -0.39 is 0 Å². The van der Waals surface area contributed by atoms with Crippen LogP contribution in [0, 0.1) is 6.92 Å². The number of nitrogens with zero attached hydrogens (tertiary/aromatic N) is 2. The number of rotatable bonds is 8. The summed E-state index contributed by atoms with van der Waals surface area (Å²) >= 11 is 5.71. The van der Waals surface area contributed by atoms with Crippen molar-refractivity contribution < 1.29 is 4.74 Å². The average molecular weight is 439 g/mol. The fourth-order valence-corrected chi connectivity index (χ4v) is 3.66. The third-order valence-corrected chi connectivity index (χ3v) is 5.46. The van der Waals surface area contributed by atoms with Gasteiger partial charge >= 0.3 is 0 Å². The van der Waals surface area contributed by atoms with Crippen LogP contribution in [0.25, 0.3) is 10.9 Å². The standard InChI is InChI=1S/C24H30N4O2S/c1-17-6-7-18-15-19(23(29)26-22(18)14-17)16-28(13-5-12-27(2)3)24(31)25-20-8-10-21(30-4)11-9-20/h6-11,14-15H,5,12-13,16H2,1-4H3,(H,25,31)(H,26,29). The van der Waals surface area contributed by atoms with Gasteiger partial charge in [-0.1, -0.05) is 12.1 Å². The van der Waals surface area contributed by atoms with E-state index in [-0.39, 0.29) is 5.56 Å². The van der Waals surface area contributed by atoms with Crippen molar-refractivity contribution in [2.75, 3.05) is 39.6 Å². The molecule has 2 N–H and O–H groups in total. The van der Waals surface area contributed by atoms with Crippen molar-refractivity contribution in [2.45, 2.75) is 19.9 Å². The summed E-state index contributed by atoms with van der Waals surface area (Å²) < 4.78 is 5.22. The molecule has 0 amide bonds. The molecule has 0 aliphatic heterocycles. The predicted octanol–water partition coefficient (Wildman–Crippen LogP) is 4.00. The maximum absolute atomic E-state index is 12.7. The summed E-state index contributed by atoms with van der Waals surface area (Å²) in [5.41, 5.74) is 3.47. The number of fused-ring (bicyclic) bond motifs is 1. The van der Waals surface area contributed by atoms with Crippen LogP contribution in [0.4, 0.5) is 5.69 Å². The van der Waals surface area contributed by atoms with Crippen molar-refractivity contribution >= 4 is 33.9 Å². The highest BCUT2D eigenvalue weighted by Crippen LogP contribution is 2.17. The second-order valence-corrected chi connectivity index (χ2v) is 8.34. The Morgan fingerprint density at radius 1 is 1.10 bits per heavy atom. The first kappa shape index (κ1) is 22.8. The van der Waals surface area contributed by atoms with Crippen LogP contribution < -0.4 is 15.6 Å². The number of benzene rings is 2. The maximum atomic E-state index is 12.7. The number of pyridine rings is 1. The molecular weight excluding hydrogens is 408 g/mol. The van der Waals surface area contributed by atoms with E-state index in [1.165, 1.54) is 0 Å². The molecule has 3 aromatic rings. The number of thiocarbonyl (C=S) groups is 1. The van der Waals surface area contributed by atoms with Gasteiger partial charge in [0.15, 0.2) is 5.11 Å². The summed E-state index contributed by atoms with van der Waals surface area (Å²) in [5, 5.41) is 4.90. The first-order chi connectivity index (χ1) is 14.9. The van der Waals surface area contributed by atoms with E-state index in [0.717, 1.165) is 47.4 Å². The second-order valence-electron chi connectivity index (χ2n) is 7.95. The third kappa shape index (κ3) is 6.29. The summed E-state index contributed by atoms with van der Waals surface area (Å²) in [6.07, 6.45) is 0.933. The molecule has 2 aromatic carbocycles. The molecule has 0 unspecified atom stereocenters. The molecule has 0 fully saturated rings. The van der Waals surface area contributed by atoms with Crippen molar-refractivity contribution in [3.05, 3.63) is 70.0 Å². The molecule has 0 aliphatic rings. The highest BCUT2D eigenvalue weighted by atomic mass is 32.1. The lowest BCUT2D eigenvalue weighted by molar-refractivity contribution is 0.346. The van der Waals surface area contributed by atoms with Gasteiger partial charge in [0.25, 0.3) is 5.56 Å². The number of ether oxygens (including phenoxy) is 1. The number of aromatic amines is 1. The zero-order chi connectivity index (χ0) is 22.4. The van der Waals surface area contributed by atoms with Crippen LogP contribution in [0.1, 0.15) is 17.5 Å². The molecule has 0 radical (unpaired) electrons. The van der Waals surface area contributed by atoms with Gasteiger partial charge in [-0.15, -0.1) is 0 Å². The van der Waals surface area contributed by atoms with Crippen LogP contribution in [0.5, 0.6) is 5.75 Å². The molecule has 0 aliphatic carbocycles. The van der Waals surface area contributed by atoms with Gasteiger partial charge in [0.2, 0.25) is 0 Å². The Labute approximate surface area is 188 Å². The molecule has 6 nitrogen and oxygen atoms in total. The number of methoxy groups -OCH3 is 1. The van der Waals surface area contributed by atoms with E-state index in [1.807, 2.05) is 68.4 Å². The molecule has 0 saturated carbocycles. The lowest BCUT2D eigenvalue weighted by Gasteiger charge is -2.26. The lowest BCUT2D eigenvalue weighted by Crippen LogP contribution is -2.37. The Bertz CT molecular complexity index is 1090. The van der Waals surface area contributed by atoms with Crippen molar-refractivity contribution in [3.63, 3.8) is 0 Å². The molecule has 31 heavy (non-hydrogen) atoms. The van der Waals surface area contributed by atoms with Crippen LogP contribution in [-0.4, -0.2) is 54.2 Å². The summed E-state index contributed by atoms with van der Waals surface area (Å²) in [6, 6.07) is 15.7. The predicted molar refractivity (Wildman–Crippen MR) is 132 cm³/mol. The molecule has 3 rings (SSSR count). The normalized spacial score (nSPS) is 11.0. The van der Waals surface area contributed by atoms with Gasteiger partial charge in [0, 0.05) is 23.3 Å². The van der Waals surface area contributed by atoms with Crippen molar-refractivity contribution in [3.8, 4) is 5.75 Å². The van der Waals surface area contributed by atoms with Crippen LogP contribution in [0.2, 0.25) is 0 Å². The highest BCUT2D eigenvalue weighted by molar-refractivity contribution is 7.80. The monoisotopic (exact) mass is 438 g/mol. The van der Waals surface area contributed by atoms with Gasteiger partial charge in [-0.3, -0.25) is 4.79 Å². The fraction of sp³-hybridized carbons (Fsp3) is 0.333. The fourth-order valence-electron chi connectivity index (χ4n) is 3.39. The minimum atomic E-state index is -0.0806. The van der Waals surface area contributed by atoms with Crippen LogP contribution >= 0.6 is 12.2 Å². The summed E-state index contributed by atoms with van der Waals surface area (Å²) in [6.45, 7) is 4.14. The minimum Gasteiger partial charge on any atom is -0.497 e. The van der Waals surface area contributed by atoms with Crippen molar-refractivity contribution in [1.29, 1.82) is 0 Å². The number of hydrogen-bond donors (Lipinski definition) is 2. The van der Waals surface area contributed by atoms with Gasteiger partial charge in [-0.05, 0) is 93.6 Å². The van der Waals surface area contributed by atoms with Crippen molar-refractivity contribution in [1.82, 2.24) is 14.8 Å². The van der Waals surface area contributed by atoms with Gasteiger partial charge in [-0.25, -0.2) is 0 Å². The average Bonchev–Trinajstić information content (AvgIpc) is 2.73. The molecule has 164 valence electrons. The summed E-state index contributed by atoms with van der Waals surface area (Å²) in [5.74, 6) is 0.789. The number of nitrogens with one attached hydrogen (secondary N) is 2. The molecule has 0 spiro atoms. The third-order valence-electron chi connectivity index (χ3n) is 5.10. The SMILES string of the molecule is COc1ccc(NC(=S)N(CCCN(C)C)Cc2cc3ccc(C)cc3[nH]c2=O)cc1. The van der Waals surface area contributed by atoms with E-state index in [0.29, 0.717) is 17.2 Å². The molecule has 1 heterocycles. The smallest absolute Gasteiger partial charge is 0.253 e. The number of aryl methyl sites for hydroxylation is 1. The lowest BCUT2D eigenvalue weighted by atomic mass is 10.1. The quantitative estimate of drug-likeness (QED) is 0.519.